The Kier molecular flexibility index (Phi) is 5.61. The molecule has 4 nitrogen and oxygen atoms in total. The van der Waals surface area contributed by atoms with Crippen LogP contribution in [0.2, 0.25) is 0 Å². The average Bonchev–Trinajstić information content (AvgIpc) is 3.07. The van der Waals surface area contributed by atoms with Crippen molar-refractivity contribution in [2.24, 2.45) is 0 Å². The van der Waals surface area contributed by atoms with E-state index in [9.17, 15) is 14.0 Å². The van der Waals surface area contributed by atoms with Gasteiger partial charge >= 0.3 is 5.97 Å². The molecule has 1 fully saturated rings. The summed E-state index contributed by atoms with van der Waals surface area (Å²) in [5.74, 6) is -0.541. The van der Waals surface area contributed by atoms with Crippen molar-refractivity contribution in [2.45, 2.75) is 25.3 Å². The Morgan fingerprint density at radius 2 is 1.81 bits per heavy atom. The number of thioether (sulfide) groups is 1. The average molecular weight is 373 g/mol. The molecule has 0 N–H and O–H groups in total. The topological polar surface area (TPSA) is 46.6 Å². The molecule has 1 saturated heterocycles. The molecule has 1 heterocycles. The fourth-order valence-electron chi connectivity index (χ4n) is 2.90. The predicted octanol–water partition coefficient (Wildman–Crippen LogP) is 3.95. The van der Waals surface area contributed by atoms with E-state index < -0.39 is 12.0 Å². The molecule has 26 heavy (non-hydrogen) atoms. The molecule has 0 aliphatic carbocycles. The van der Waals surface area contributed by atoms with Gasteiger partial charge in [0.15, 0.2) is 0 Å². The third kappa shape index (κ3) is 3.75. The Balaban J connectivity index is 1.96. The number of aryl methyl sites for hydroxylation is 1. The van der Waals surface area contributed by atoms with Gasteiger partial charge < -0.3 is 9.64 Å². The maximum Gasteiger partial charge on any atom is 0.329 e. The van der Waals surface area contributed by atoms with E-state index in [0.29, 0.717) is 11.3 Å². The third-order valence-electron chi connectivity index (χ3n) is 4.25. The Labute approximate surface area is 156 Å². The van der Waals surface area contributed by atoms with Gasteiger partial charge in [-0.05, 0) is 43.7 Å². The van der Waals surface area contributed by atoms with E-state index in [1.54, 1.807) is 36.1 Å². The van der Waals surface area contributed by atoms with Crippen molar-refractivity contribution < 1.29 is 18.7 Å². The van der Waals surface area contributed by atoms with Crippen molar-refractivity contribution in [3.8, 4) is 0 Å². The number of benzene rings is 2. The van der Waals surface area contributed by atoms with Gasteiger partial charge in [-0.25, -0.2) is 9.18 Å². The molecule has 1 aliphatic rings. The molecule has 3 rings (SSSR count). The summed E-state index contributed by atoms with van der Waals surface area (Å²) in [6, 6.07) is 12.6. The minimum atomic E-state index is -0.663. The summed E-state index contributed by atoms with van der Waals surface area (Å²) in [7, 11) is 0. The van der Waals surface area contributed by atoms with Crippen molar-refractivity contribution in [1.29, 1.82) is 0 Å². The number of amides is 1. The van der Waals surface area contributed by atoms with E-state index in [-0.39, 0.29) is 23.7 Å². The molecule has 2 unspecified atom stereocenters. The molecule has 2 atom stereocenters. The van der Waals surface area contributed by atoms with Crippen LogP contribution >= 0.6 is 11.8 Å². The van der Waals surface area contributed by atoms with E-state index in [2.05, 4.69) is 0 Å². The number of hydrogen-bond donors (Lipinski definition) is 0. The summed E-state index contributed by atoms with van der Waals surface area (Å²) in [5.41, 5.74) is 2.34. The zero-order valence-corrected chi connectivity index (χ0v) is 15.5. The lowest BCUT2D eigenvalue weighted by Gasteiger charge is -2.28. The quantitative estimate of drug-likeness (QED) is 0.762. The highest BCUT2D eigenvalue weighted by atomic mass is 32.2. The highest BCUT2D eigenvalue weighted by Crippen LogP contribution is 2.42. The van der Waals surface area contributed by atoms with Crippen LogP contribution in [0.15, 0.2) is 48.5 Å². The van der Waals surface area contributed by atoms with Gasteiger partial charge in [0.25, 0.3) is 5.91 Å². The number of esters is 1. The Morgan fingerprint density at radius 3 is 2.42 bits per heavy atom. The lowest BCUT2D eigenvalue weighted by Crippen LogP contribution is -2.43. The summed E-state index contributed by atoms with van der Waals surface area (Å²) in [4.78, 5) is 27.1. The summed E-state index contributed by atoms with van der Waals surface area (Å²) < 4.78 is 18.4. The molecule has 0 saturated carbocycles. The second-order valence-corrected chi connectivity index (χ2v) is 7.20. The number of nitrogens with zero attached hydrogens (tertiary/aromatic N) is 1. The standard InChI is InChI=1S/C20H20FNO3S/c1-3-25-20(24)17-12-26-19(15-8-10-16(21)11-9-15)22(17)18(23)14-6-4-13(2)5-7-14/h4-11,17,19H,3,12H2,1-2H3. The number of ether oxygens (including phenoxy) is 1. The monoisotopic (exact) mass is 373 g/mol. The van der Waals surface area contributed by atoms with Crippen molar-refractivity contribution in [1.82, 2.24) is 4.90 Å². The van der Waals surface area contributed by atoms with Crippen LogP contribution in [-0.2, 0) is 9.53 Å². The van der Waals surface area contributed by atoms with E-state index in [1.807, 2.05) is 19.1 Å². The fourth-order valence-corrected chi connectivity index (χ4v) is 4.32. The van der Waals surface area contributed by atoms with E-state index in [4.69, 9.17) is 4.74 Å². The van der Waals surface area contributed by atoms with Gasteiger partial charge in [0.2, 0.25) is 0 Å². The summed E-state index contributed by atoms with van der Waals surface area (Å²) in [6.07, 6.45) is 0. The van der Waals surface area contributed by atoms with Gasteiger partial charge in [0.05, 0.1) is 6.61 Å². The third-order valence-corrected chi connectivity index (χ3v) is 5.57. The SMILES string of the molecule is CCOC(=O)C1CSC(c2ccc(F)cc2)N1C(=O)c1ccc(C)cc1. The first-order chi connectivity index (χ1) is 12.5. The van der Waals surface area contributed by atoms with Crippen LogP contribution in [0.3, 0.4) is 0 Å². The molecule has 2 aromatic carbocycles. The number of rotatable bonds is 4. The zero-order chi connectivity index (χ0) is 18.7. The van der Waals surface area contributed by atoms with Gasteiger partial charge in [-0.2, -0.15) is 0 Å². The van der Waals surface area contributed by atoms with Crippen LogP contribution in [0, 0.1) is 12.7 Å². The fraction of sp³-hybridized carbons (Fsp3) is 0.300. The molecular weight excluding hydrogens is 353 g/mol. The number of carbonyl (C=O) groups excluding carboxylic acids is 2. The lowest BCUT2D eigenvalue weighted by molar-refractivity contribution is -0.147. The first kappa shape index (κ1) is 18.5. The zero-order valence-electron chi connectivity index (χ0n) is 14.6. The maximum absolute atomic E-state index is 13.3. The highest BCUT2D eigenvalue weighted by Gasteiger charge is 2.43. The molecule has 1 amide bonds. The largest absolute Gasteiger partial charge is 0.464 e. The van der Waals surface area contributed by atoms with Gasteiger partial charge in [0, 0.05) is 11.3 Å². The minimum absolute atomic E-state index is 0.234. The molecule has 0 aromatic heterocycles. The lowest BCUT2D eigenvalue weighted by atomic mass is 10.1. The van der Waals surface area contributed by atoms with Crippen molar-refractivity contribution >= 4 is 23.6 Å². The van der Waals surface area contributed by atoms with Crippen LogP contribution in [0.25, 0.3) is 0 Å². The van der Waals surface area contributed by atoms with Gasteiger partial charge in [-0.15, -0.1) is 11.8 Å². The molecular formula is C20H20FNO3S. The molecule has 6 heteroatoms. The molecule has 0 radical (unpaired) electrons. The van der Waals surface area contributed by atoms with Crippen LogP contribution in [0.5, 0.6) is 0 Å². The predicted molar refractivity (Wildman–Crippen MR) is 99.4 cm³/mol. The second kappa shape index (κ2) is 7.91. The smallest absolute Gasteiger partial charge is 0.329 e. The number of hydrogen-bond acceptors (Lipinski definition) is 4. The van der Waals surface area contributed by atoms with Crippen molar-refractivity contribution in [3.63, 3.8) is 0 Å². The minimum Gasteiger partial charge on any atom is -0.464 e. The second-order valence-electron chi connectivity index (χ2n) is 6.08. The summed E-state index contributed by atoms with van der Waals surface area (Å²) >= 11 is 1.48. The Hall–Kier alpha value is -2.34. The molecule has 0 spiro atoms. The van der Waals surface area contributed by atoms with Crippen LogP contribution in [0.4, 0.5) is 4.39 Å². The Bertz CT molecular complexity index is 792. The summed E-state index contributed by atoms with van der Waals surface area (Å²) in [6.45, 7) is 3.94. The van der Waals surface area contributed by atoms with Gasteiger partial charge in [-0.1, -0.05) is 29.8 Å². The van der Waals surface area contributed by atoms with Gasteiger partial charge in [-0.3, -0.25) is 4.79 Å². The normalized spacial score (nSPS) is 19.4. The summed E-state index contributed by atoms with van der Waals surface area (Å²) in [5, 5.41) is -0.362. The molecule has 136 valence electrons. The van der Waals surface area contributed by atoms with E-state index in [0.717, 1.165) is 11.1 Å². The molecule has 0 bridgehead atoms. The first-order valence-corrected chi connectivity index (χ1v) is 9.49. The first-order valence-electron chi connectivity index (χ1n) is 8.44. The van der Waals surface area contributed by atoms with E-state index in [1.165, 1.54) is 23.9 Å². The number of carbonyl (C=O) groups is 2. The molecule has 2 aromatic rings. The van der Waals surface area contributed by atoms with Crippen molar-refractivity contribution in [3.05, 3.63) is 71.0 Å². The van der Waals surface area contributed by atoms with Crippen LogP contribution in [-0.4, -0.2) is 35.2 Å². The van der Waals surface area contributed by atoms with Crippen LogP contribution in [0.1, 0.15) is 33.8 Å². The molecule has 1 aliphatic heterocycles. The highest BCUT2D eigenvalue weighted by molar-refractivity contribution is 7.99. The maximum atomic E-state index is 13.3. The van der Waals surface area contributed by atoms with Gasteiger partial charge in [0.1, 0.15) is 17.2 Å². The Morgan fingerprint density at radius 1 is 1.15 bits per heavy atom. The van der Waals surface area contributed by atoms with Crippen molar-refractivity contribution in [2.75, 3.05) is 12.4 Å². The number of halogens is 1. The van der Waals surface area contributed by atoms with Crippen LogP contribution < -0.4 is 0 Å². The van der Waals surface area contributed by atoms with E-state index >= 15 is 0 Å².